The number of amides is 1. The highest BCUT2D eigenvalue weighted by Crippen LogP contribution is 2.32. The van der Waals surface area contributed by atoms with Crippen LogP contribution in [0.15, 0.2) is 24.3 Å². The van der Waals surface area contributed by atoms with E-state index >= 15 is 0 Å². The predicted octanol–water partition coefficient (Wildman–Crippen LogP) is 1.77. The van der Waals surface area contributed by atoms with Gasteiger partial charge in [0.05, 0.1) is 23.4 Å². The van der Waals surface area contributed by atoms with Gasteiger partial charge in [-0.05, 0) is 18.6 Å². The summed E-state index contributed by atoms with van der Waals surface area (Å²) < 4.78 is 6.21. The molecule has 1 aliphatic rings. The molecule has 0 saturated carbocycles. The molecule has 1 fully saturated rings. The van der Waals surface area contributed by atoms with Crippen molar-refractivity contribution in [1.82, 2.24) is 9.88 Å². The molecular formula is C15H18N2O3S. The lowest BCUT2D eigenvalue weighted by molar-refractivity contribution is 0.0343. The molecule has 0 aliphatic carbocycles. The van der Waals surface area contributed by atoms with Crippen LogP contribution in [-0.4, -0.2) is 54.3 Å². The number of methoxy groups -OCH3 is 1. The van der Waals surface area contributed by atoms with Gasteiger partial charge in [0.2, 0.25) is 0 Å². The summed E-state index contributed by atoms with van der Waals surface area (Å²) in [4.78, 5) is 18.8. The molecule has 0 spiro atoms. The number of aromatic nitrogens is 1. The smallest absolute Gasteiger partial charge is 0.282 e. The third-order valence-corrected chi connectivity index (χ3v) is 5.01. The van der Waals surface area contributed by atoms with Crippen molar-refractivity contribution in [3.05, 3.63) is 29.3 Å². The first-order valence-corrected chi connectivity index (χ1v) is 7.74. The van der Waals surface area contributed by atoms with Crippen molar-refractivity contribution in [2.45, 2.75) is 6.42 Å². The number of nitrogens with zero attached hydrogens (tertiary/aromatic N) is 2. The van der Waals surface area contributed by atoms with Crippen LogP contribution in [0.4, 0.5) is 0 Å². The number of aliphatic hydroxyl groups is 1. The van der Waals surface area contributed by atoms with Crippen LogP contribution in [0, 0.1) is 5.41 Å². The highest BCUT2D eigenvalue weighted by atomic mass is 32.1. The summed E-state index contributed by atoms with van der Waals surface area (Å²) in [6.07, 6.45) is 0.758. The van der Waals surface area contributed by atoms with Crippen LogP contribution in [-0.2, 0) is 4.74 Å². The van der Waals surface area contributed by atoms with E-state index in [-0.39, 0.29) is 17.9 Å². The Labute approximate surface area is 127 Å². The number of hydrogen-bond donors (Lipinski definition) is 1. The molecule has 3 rings (SSSR count). The molecule has 1 amide bonds. The van der Waals surface area contributed by atoms with E-state index in [1.807, 2.05) is 24.3 Å². The zero-order chi connectivity index (χ0) is 14.9. The first kappa shape index (κ1) is 14.4. The third-order valence-electron chi connectivity index (χ3n) is 3.99. The summed E-state index contributed by atoms with van der Waals surface area (Å²) in [5.74, 6) is -0.0531. The van der Waals surface area contributed by atoms with E-state index in [2.05, 4.69) is 4.98 Å². The van der Waals surface area contributed by atoms with E-state index in [1.165, 1.54) is 11.3 Å². The molecule has 0 bridgehead atoms. The molecule has 1 saturated heterocycles. The van der Waals surface area contributed by atoms with Gasteiger partial charge in [0, 0.05) is 25.6 Å². The minimum Gasteiger partial charge on any atom is -0.396 e. The number of carbonyl (C=O) groups excluding carboxylic acids is 1. The Bertz CT molecular complexity index is 624. The molecule has 5 nitrogen and oxygen atoms in total. The maximum absolute atomic E-state index is 12.6. The van der Waals surface area contributed by atoms with Gasteiger partial charge in [-0.2, -0.15) is 0 Å². The second kappa shape index (κ2) is 5.71. The highest BCUT2D eigenvalue weighted by Gasteiger charge is 2.40. The van der Waals surface area contributed by atoms with Crippen molar-refractivity contribution in [3.8, 4) is 0 Å². The molecule has 0 radical (unpaired) electrons. The number of benzene rings is 1. The van der Waals surface area contributed by atoms with E-state index in [0.29, 0.717) is 24.7 Å². The Hall–Kier alpha value is -1.50. The summed E-state index contributed by atoms with van der Waals surface area (Å²) in [5, 5.41) is 10.1. The molecule has 2 heterocycles. The molecule has 2 aromatic rings. The molecule has 112 valence electrons. The van der Waals surface area contributed by atoms with E-state index in [9.17, 15) is 9.90 Å². The summed E-state index contributed by atoms with van der Waals surface area (Å²) in [7, 11) is 1.62. The maximum atomic E-state index is 12.6. The molecule has 1 unspecified atom stereocenters. The van der Waals surface area contributed by atoms with Gasteiger partial charge in [0.1, 0.15) is 0 Å². The van der Waals surface area contributed by atoms with Crippen molar-refractivity contribution < 1.29 is 14.6 Å². The van der Waals surface area contributed by atoms with E-state index in [4.69, 9.17) is 4.74 Å². The number of carbonyl (C=O) groups is 1. The van der Waals surface area contributed by atoms with Crippen LogP contribution in [0.3, 0.4) is 0 Å². The quantitative estimate of drug-likeness (QED) is 0.935. The number of para-hydroxylation sites is 1. The van der Waals surface area contributed by atoms with Crippen LogP contribution in [0.2, 0.25) is 0 Å². The first-order chi connectivity index (χ1) is 10.2. The fourth-order valence-electron chi connectivity index (χ4n) is 2.81. The molecule has 1 aliphatic heterocycles. The Kier molecular flexibility index (Phi) is 3.93. The van der Waals surface area contributed by atoms with Gasteiger partial charge in [-0.3, -0.25) is 4.79 Å². The number of rotatable bonds is 4. The Morgan fingerprint density at radius 1 is 1.52 bits per heavy atom. The van der Waals surface area contributed by atoms with Crippen LogP contribution in [0.25, 0.3) is 10.2 Å². The van der Waals surface area contributed by atoms with Crippen molar-refractivity contribution in [1.29, 1.82) is 0 Å². The van der Waals surface area contributed by atoms with Crippen LogP contribution < -0.4 is 0 Å². The van der Waals surface area contributed by atoms with Crippen LogP contribution >= 0.6 is 11.3 Å². The van der Waals surface area contributed by atoms with Crippen molar-refractivity contribution in [2.75, 3.05) is 33.4 Å². The topological polar surface area (TPSA) is 62.7 Å². The van der Waals surface area contributed by atoms with Gasteiger partial charge in [-0.15, -0.1) is 11.3 Å². The van der Waals surface area contributed by atoms with Crippen molar-refractivity contribution in [2.24, 2.45) is 5.41 Å². The number of likely N-dealkylation sites (tertiary alicyclic amines) is 1. The first-order valence-electron chi connectivity index (χ1n) is 6.92. The summed E-state index contributed by atoms with van der Waals surface area (Å²) >= 11 is 1.42. The third kappa shape index (κ3) is 2.66. The maximum Gasteiger partial charge on any atom is 0.282 e. The summed E-state index contributed by atoms with van der Waals surface area (Å²) in [6, 6.07) is 7.74. The average molecular weight is 306 g/mol. The van der Waals surface area contributed by atoms with Crippen molar-refractivity contribution in [3.63, 3.8) is 0 Å². The molecule has 21 heavy (non-hydrogen) atoms. The SMILES string of the molecule is COCC1(CO)CCN(C(=O)c2nc3ccccc3s2)C1. The number of hydrogen-bond acceptors (Lipinski definition) is 5. The second-order valence-electron chi connectivity index (χ2n) is 5.55. The summed E-state index contributed by atoms with van der Waals surface area (Å²) in [5.41, 5.74) is 0.525. The van der Waals surface area contributed by atoms with E-state index < -0.39 is 0 Å². The molecule has 1 atom stereocenters. The molecular weight excluding hydrogens is 288 g/mol. The van der Waals surface area contributed by atoms with Crippen LogP contribution in [0.1, 0.15) is 16.2 Å². The Morgan fingerprint density at radius 2 is 2.33 bits per heavy atom. The summed E-state index contributed by atoms with van der Waals surface area (Å²) in [6.45, 7) is 1.66. The zero-order valence-corrected chi connectivity index (χ0v) is 12.7. The fourth-order valence-corrected chi connectivity index (χ4v) is 3.74. The molecule has 6 heteroatoms. The minimum absolute atomic E-state index is 0.0322. The Morgan fingerprint density at radius 3 is 3.05 bits per heavy atom. The normalized spacial score (nSPS) is 22.1. The van der Waals surface area contributed by atoms with Gasteiger partial charge < -0.3 is 14.7 Å². The van der Waals surface area contributed by atoms with Crippen LogP contribution in [0.5, 0.6) is 0 Å². The van der Waals surface area contributed by atoms with E-state index in [1.54, 1.807) is 12.0 Å². The molecule has 1 aromatic heterocycles. The Balaban J connectivity index is 1.79. The van der Waals surface area contributed by atoms with Gasteiger partial charge in [-0.25, -0.2) is 4.98 Å². The number of aliphatic hydroxyl groups excluding tert-OH is 1. The minimum atomic E-state index is -0.332. The monoisotopic (exact) mass is 306 g/mol. The van der Waals surface area contributed by atoms with Gasteiger partial charge in [-0.1, -0.05) is 12.1 Å². The molecule has 1 aromatic carbocycles. The van der Waals surface area contributed by atoms with Gasteiger partial charge in [0.15, 0.2) is 5.01 Å². The lowest BCUT2D eigenvalue weighted by Crippen LogP contribution is -2.36. The van der Waals surface area contributed by atoms with E-state index in [0.717, 1.165) is 16.6 Å². The largest absolute Gasteiger partial charge is 0.396 e. The fraction of sp³-hybridized carbons (Fsp3) is 0.467. The number of fused-ring (bicyclic) bond motifs is 1. The van der Waals surface area contributed by atoms with Crippen molar-refractivity contribution >= 4 is 27.5 Å². The number of ether oxygens (including phenoxy) is 1. The standard InChI is InChI=1S/C15H18N2O3S/c1-20-10-15(9-18)6-7-17(8-15)14(19)13-16-11-4-2-3-5-12(11)21-13/h2-5,18H,6-10H2,1H3. The number of thiazole rings is 1. The predicted molar refractivity (Wildman–Crippen MR) is 81.5 cm³/mol. The van der Waals surface area contributed by atoms with Gasteiger partial charge >= 0.3 is 0 Å². The zero-order valence-electron chi connectivity index (χ0n) is 11.9. The highest BCUT2D eigenvalue weighted by molar-refractivity contribution is 7.20. The average Bonchev–Trinajstić information content (AvgIpc) is 3.11. The lowest BCUT2D eigenvalue weighted by atomic mass is 9.89. The second-order valence-corrected chi connectivity index (χ2v) is 6.59. The molecule has 1 N–H and O–H groups in total. The van der Waals surface area contributed by atoms with Gasteiger partial charge in [0.25, 0.3) is 5.91 Å². The lowest BCUT2D eigenvalue weighted by Gasteiger charge is -2.25.